The van der Waals surface area contributed by atoms with Gasteiger partial charge in [-0.25, -0.2) is 4.98 Å². The minimum Gasteiger partial charge on any atom is -0.334 e. The van der Waals surface area contributed by atoms with Crippen molar-refractivity contribution in [2.45, 2.75) is 24.8 Å². The van der Waals surface area contributed by atoms with Crippen molar-refractivity contribution in [2.75, 3.05) is 0 Å². The zero-order valence-electron chi connectivity index (χ0n) is 10.3. The summed E-state index contributed by atoms with van der Waals surface area (Å²) in [5, 5.41) is 4.02. The van der Waals surface area contributed by atoms with Crippen molar-refractivity contribution in [1.82, 2.24) is 19.5 Å². The molecule has 0 unspecified atom stereocenters. The van der Waals surface area contributed by atoms with Gasteiger partial charge in [-0.05, 0) is 31.4 Å². The van der Waals surface area contributed by atoms with E-state index in [-0.39, 0.29) is 5.54 Å². The molecule has 0 radical (unpaired) electrons. The van der Waals surface area contributed by atoms with Crippen molar-refractivity contribution in [3.05, 3.63) is 36.5 Å². The predicted octanol–water partition coefficient (Wildman–Crippen LogP) is 1.72. The van der Waals surface area contributed by atoms with Gasteiger partial charge in [-0.3, -0.25) is 0 Å². The number of pyridine rings is 1. The average Bonchev–Trinajstić information content (AvgIpc) is 3.03. The lowest BCUT2D eigenvalue weighted by atomic mass is 9.77. The summed E-state index contributed by atoms with van der Waals surface area (Å²) < 4.78 is 7.24. The van der Waals surface area contributed by atoms with Crippen LogP contribution in [0.4, 0.5) is 0 Å². The molecule has 3 aromatic heterocycles. The Kier molecular flexibility index (Phi) is 2.05. The molecule has 3 heterocycles. The summed E-state index contributed by atoms with van der Waals surface area (Å²) >= 11 is 0. The molecule has 96 valence electrons. The number of imidazole rings is 1. The first-order valence-corrected chi connectivity index (χ1v) is 6.31. The van der Waals surface area contributed by atoms with Gasteiger partial charge in [-0.1, -0.05) is 5.16 Å². The Morgan fingerprint density at radius 1 is 1.32 bits per heavy atom. The van der Waals surface area contributed by atoms with Gasteiger partial charge in [0.2, 0.25) is 0 Å². The van der Waals surface area contributed by atoms with Crippen LogP contribution in [0.2, 0.25) is 0 Å². The molecule has 3 aromatic rings. The van der Waals surface area contributed by atoms with Gasteiger partial charge < -0.3 is 14.7 Å². The number of fused-ring (bicyclic) bond motifs is 1. The summed E-state index contributed by atoms with van der Waals surface area (Å²) in [5.41, 5.74) is 7.56. The first-order chi connectivity index (χ1) is 9.24. The molecule has 1 aliphatic carbocycles. The fourth-order valence-electron chi connectivity index (χ4n) is 2.37. The smallest absolute Gasteiger partial charge is 0.259 e. The van der Waals surface area contributed by atoms with Crippen molar-refractivity contribution in [3.63, 3.8) is 0 Å². The van der Waals surface area contributed by atoms with Crippen LogP contribution in [-0.2, 0) is 5.54 Å². The third kappa shape index (κ3) is 1.57. The van der Waals surface area contributed by atoms with Crippen LogP contribution in [0.3, 0.4) is 0 Å². The van der Waals surface area contributed by atoms with Crippen LogP contribution >= 0.6 is 0 Å². The largest absolute Gasteiger partial charge is 0.334 e. The zero-order chi connectivity index (χ0) is 12.9. The van der Waals surface area contributed by atoms with E-state index in [2.05, 4.69) is 15.1 Å². The van der Waals surface area contributed by atoms with E-state index >= 15 is 0 Å². The van der Waals surface area contributed by atoms with Gasteiger partial charge >= 0.3 is 0 Å². The lowest BCUT2D eigenvalue weighted by molar-refractivity contribution is 0.229. The van der Waals surface area contributed by atoms with Gasteiger partial charge in [-0.2, -0.15) is 4.98 Å². The molecule has 19 heavy (non-hydrogen) atoms. The standard InChI is InChI=1S/C13H13N5O/c14-13(4-1-5-13)12-16-11(19-17-12)9-2-3-10-15-6-7-18(10)8-9/h2-3,6-8H,1,4-5,14H2. The number of aromatic nitrogens is 4. The van der Waals surface area contributed by atoms with E-state index in [4.69, 9.17) is 10.3 Å². The number of nitrogens with two attached hydrogens (primary N) is 1. The molecule has 6 nitrogen and oxygen atoms in total. The molecule has 0 bridgehead atoms. The minimum atomic E-state index is -0.388. The first-order valence-electron chi connectivity index (χ1n) is 6.31. The maximum Gasteiger partial charge on any atom is 0.259 e. The highest BCUT2D eigenvalue weighted by atomic mass is 16.5. The van der Waals surface area contributed by atoms with Crippen LogP contribution in [-0.4, -0.2) is 19.5 Å². The molecule has 0 spiro atoms. The van der Waals surface area contributed by atoms with E-state index in [1.165, 1.54) is 0 Å². The lowest BCUT2D eigenvalue weighted by Crippen LogP contribution is -2.44. The van der Waals surface area contributed by atoms with E-state index in [1.807, 2.05) is 28.9 Å². The molecule has 6 heteroatoms. The van der Waals surface area contributed by atoms with Gasteiger partial charge in [0.05, 0.1) is 11.1 Å². The molecule has 0 aromatic carbocycles. The second kappa shape index (κ2) is 3.64. The van der Waals surface area contributed by atoms with Crippen molar-refractivity contribution in [2.24, 2.45) is 5.73 Å². The fourth-order valence-corrected chi connectivity index (χ4v) is 2.37. The van der Waals surface area contributed by atoms with Gasteiger partial charge in [0.15, 0.2) is 5.82 Å². The highest BCUT2D eigenvalue weighted by Gasteiger charge is 2.39. The molecule has 0 aliphatic heterocycles. The Balaban J connectivity index is 1.75. The number of rotatable bonds is 2. The quantitative estimate of drug-likeness (QED) is 0.754. The maximum absolute atomic E-state index is 6.19. The summed E-state index contributed by atoms with van der Waals surface area (Å²) in [7, 11) is 0. The van der Waals surface area contributed by atoms with Crippen LogP contribution in [0.15, 0.2) is 35.2 Å². The van der Waals surface area contributed by atoms with Crippen molar-refractivity contribution in [3.8, 4) is 11.5 Å². The minimum absolute atomic E-state index is 0.388. The van der Waals surface area contributed by atoms with E-state index in [1.54, 1.807) is 6.20 Å². The average molecular weight is 255 g/mol. The highest BCUT2D eigenvalue weighted by Crippen LogP contribution is 2.37. The second-order valence-corrected chi connectivity index (χ2v) is 5.04. The van der Waals surface area contributed by atoms with Crippen molar-refractivity contribution >= 4 is 5.65 Å². The molecule has 4 rings (SSSR count). The summed E-state index contributed by atoms with van der Waals surface area (Å²) in [6.07, 6.45) is 8.53. The molecule has 1 aliphatic rings. The SMILES string of the molecule is NC1(c2noc(-c3ccc4nccn4c3)n2)CCC1. The predicted molar refractivity (Wildman–Crippen MR) is 68.2 cm³/mol. The zero-order valence-corrected chi connectivity index (χ0v) is 10.3. The Labute approximate surface area is 109 Å². The molecule has 1 fully saturated rings. The highest BCUT2D eigenvalue weighted by molar-refractivity contribution is 5.55. The number of hydrogen-bond donors (Lipinski definition) is 1. The van der Waals surface area contributed by atoms with Crippen LogP contribution in [0.25, 0.3) is 17.1 Å². The van der Waals surface area contributed by atoms with Gasteiger partial charge in [0.1, 0.15) is 5.65 Å². The van der Waals surface area contributed by atoms with Crippen molar-refractivity contribution < 1.29 is 4.52 Å². The van der Waals surface area contributed by atoms with Crippen molar-refractivity contribution in [1.29, 1.82) is 0 Å². The van der Waals surface area contributed by atoms with Gasteiger partial charge in [0.25, 0.3) is 5.89 Å². The van der Waals surface area contributed by atoms with E-state index in [0.29, 0.717) is 11.7 Å². The van der Waals surface area contributed by atoms with Crippen LogP contribution in [0.1, 0.15) is 25.1 Å². The fraction of sp³-hybridized carbons (Fsp3) is 0.308. The Bertz CT molecular complexity index is 740. The Hall–Kier alpha value is -2.21. The summed E-state index contributed by atoms with van der Waals surface area (Å²) in [6.45, 7) is 0. The molecular weight excluding hydrogens is 242 g/mol. The Morgan fingerprint density at radius 2 is 2.21 bits per heavy atom. The Morgan fingerprint density at radius 3 is 3.00 bits per heavy atom. The van der Waals surface area contributed by atoms with E-state index < -0.39 is 0 Å². The topological polar surface area (TPSA) is 82.2 Å². The summed E-state index contributed by atoms with van der Waals surface area (Å²) in [5.74, 6) is 1.11. The third-order valence-corrected chi connectivity index (χ3v) is 3.75. The van der Waals surface area contributed by atoms with Crippen LogP contribution in [0.5, 0.6) is 0 Å². The first kappa shape index (κ1) is 10.7. The van der Waals surface area contributed by atoms with Crippen LogP contribution < -0.4 is 5.73 Å². The van der Waals surface area contributed by atoms with E-state index in [9.17, 15) is 0 Å². The third-order valence-electron chi connectivity index (χ3n) is 3.75. The molecule has 2 N–H and O–H groups in total. The monoisotopic (exact) mass is 255 g/mol. The summed E-state index contributed by atoms with van der Waals surface area (Å²) in [6, 6.07) is 3.84. The van der Waals surface area contributed by atoms with Crippen LogP contribution in [0, 0.1) is 0 Å². The van der Waals surface area contributed by atoms with Gasteiger partial charge in [0, 0.05) is 18.6 Å². The lowest BCUT2D eigenvalue weighted by Gasteiger charge is -2.34. The second-order valence-electron chi connectivity index (χ2n) is 5.04. The molecule has 0 saturated heterocycles. The maximum atomic E-state index is 6.19. The summed E-state index contributed by atoms with van der Waals surface area (Å²) in [4.78, 5) is 8.63. The molecule has 1 saturated carbocycles. The molecular formula is C13H13N5O. The number of nitrogens with zero attached hydrogens (tertiary/aromatic N) is 4. The van der Waals surface area contributed by atoms with Gasteiger partial charge in [-0.15, -0.1) is 0 Å². The molecule has 0 atom stereocenters. The normalized spacial score (nSPS) is 17.5. The molecule has 0 amide bonds. The number of hydrogen-bond acceptors (Lipinski definition) is 5. The van der Waals surface area contributed by atoms with E-state index in [0.717, 1.165) is 30.5 Å².